The minimum Gasteiger partial charge on any atom is -0.355 e. The Kier molecular flexibility index (Phi) is 9.10. The molecule has 4 rings (SSSR count). The van der Waals surface area contributed by atoms with Gasteiger partial charge in [0.25, 0.3) is 0 Å². The molecule has 0 aromatic carbocycles. The topological polar surface area (TPSA) is 83.9 Å². The summed E-state index contributed by atoms with van der Waals surface area (Å²) < 4.78 is 52.3. The van der Waals surface area contributed by atoms with Gasteiger partial charge in [0.1, 0.15) is 5.82 Å². The van der Waals surface area contributed by atoms with Gasteiger partial charge in [-0.15, -0.1) is 0 Å². The molecule has 0 aliphatic carbocycles. The Labute approximate surface area is 204 Å². The molecular formula is C23H24F4N6OS. The molecule has 3 aromatic heterocycles. The van der Waals surface area contributed by atoms with Crippen LogP contribution in [0.3, 0.4) is 0 Å². The number of nitrogens with one attached hydrogen (secondary N) is 1. The fourth-order valence-corrected chi connectivity index (χ4v) is 4.51. The summed E-state index contributed by atoms with van der Waals surface area (Å²) in [6, 6.07) is 5.99. The van der Waals surface area contributed by atoms with Gasteiger partial charge >= 0.3 is 6.18 Å². The summed E-state index contributed by atoms with van der Waals surface area (Å²) in [5.41, 5.74) is 1.57. The van der Waals surface area contributed by atoms with E-state index in [4.69, 9.17) is 0 Å². The van der Waals surface area contributed by atoms with Gasteiger partial charge in [0.05, 0.1) is 11.9 Å². The Balaban J connectivity index is 0.000000203. The molecule has 0 spiro atoms. The van der Waals surface area contributed by atoms with Crippen LogP contribution in [0.1, 0.15) is 38.1 Å². The highest BCUT2D eigenvalue weighted by Gasteiger charge is 2.34. The molecule has 35 heavy (non-hydrogen) atoms. The Morgan fingerprint density at radius 2 is 1.77 bits per heavy atom. The standard InChI is InChI=1S/C12H9F3N4O.C11H15FN2S/c13-12(14,15)11-18-5-9(6-19-11)10-3-8(1-2-17-10)4-16-7-20;1-8-3-4-9(2)14(8)15-11-5-10(12)6-13-7-11/h1-3,5-7H,4H2,(H,16,20);5-9H,3-4H2,1-2H3/t;8-,9+. The molecular weight excluding hydrogens is 484 g/mol. The largest absolute Gasteiger partial charge is 0.451 e. The van der Waals surface area contributed by atoms with Crippen LogP contribution in [-0.4, -0.2) is 42.7 Å². The van der Waals surface area contributed by atoms with Crippen LogP contribution in [-0.2, 0) is 17.5 Å². The third-order valence-electron chi connectivity index (χ3n) is 5.18. The number of carbonyl (C=O) groups is 1. The first kappa shape index (κ1) is 26.5. The third-order valence-corrected chi connectivity index (χ3v) is 6.54. The van der Waals surface area contributed by atoms with Gasteiger partial charge in [0, 0.05) is 53.9 Å². The van der Waals surface area contributed by atoms with E-state index < -0.39 is 12.0 Å². The van der Waals surface area contributed by atoms with Crippen LogP contribution in [0.5, 0.6) is 0 Å². The number of hydrogen-bond acceptors (Lipinski definition) is 7. The molecule has 0 radical (unpaired) electrons. The van der Waals surface area contributed by atoms with Gasteiger partial charge in [-0.2, -0.15) is 13.2 Å². The highest BCUT2D eigenvalue weighted by Crippen LogP contribution is 2.34. The average Bonchev–Trinajstić information content (AvgIpc) is 3.15. The van der Waals surface area contributed by atoms with E-state index in [9.17, 15) is 22.4 Å². The van der Waals surface area contributed by atoms with E-state index in [1.54, 1.807) is 30.3 Å². The first-order valence-electron chi connectivity index (χ1n) is 10.8. The first-order chi connectivity index (χ1) is 16.7. The summed E-state index contributed by atoms with van der Waals surface area (Å²) in [7, 11) is 0. The number of amides is 1. The zero-order valence-electron chi connectivity index (χ0n) is 19.0. The van der Waals surface area contributed by atoms with Crippen molar-refractivity contribution in [2.75, 3.05) is 0 Å². The molecule has 1 N–H and O–H groups in total. The van der Waals surface area contributed by atoms with Crippen molar-refractivity contribution in [3.63, 3.8) is 0 Å². The molecule has 186 valence electrons. The van der Waals surface area contributed by atoms with Crippen LogP contribution in [0.2, 0.25) is 0 Å². The second kappa shape index (κ2) is 12.0. The number of halogens is 4. The third kappa shape index (κ3) is 7.69. The lowest BCUT2D eigenvalue weighted by Crippen LogP contribution is -2.25. The number of alkyl halides is 3. The van der Waals surface area contributed by atoms with E-state index in [0.717, 1.165) is 22.9 Å². The maximum absolute atomic E-state index is 12.9. The molecule has 12 heteroatoms. The Morgan fingerprint density at radius 3 is 2.37 bits per heavy atom. The van der Waals surface area contributed by atoms with Crippen molar-refractivity contribution >= 4 is 18.4 Å². The predicted octanol–water partition coefficient (Wildman–Crippen LogP) is 4.90. The molecule has 1 fully saturated rings. The van der Waals surface area contributed by atoms with E-state index >= 15 is 0 Å². The molecule has 1 amide bonds. The van der Waals surface area contributed by atoms with E-state index in [1.165, 1.54) is 31.3 Å². The summed E-state index contributed by atoms with van der Waals surface area (Å²) in [6.07, 6.45) is 5.00. The smallest absolute Gasteiger partial charge is 0.355 e. The Bertz CT molecular complexity index is 1110. The minimum atomic E-state index is -4.57. The van der Waals surface area contributed by atoms with Crippen molar-refractivity contribution in [3.05, 3.63) is 66.4 Å². The zero-order valence-corrected chi connectivity index (χ0v) is 19.9. The second-order valence-corrected chi connectivity index (χ2v) is 8.98. The number of rotatable bonds is 6. The van der Waals surface area contributed by atoms with Crippen molar-refractivity contribution in [3.8, 4) is 11.3 Å². The number of hydrogen-bond donors (Lipinski definition) is 1. The van der Waals surface area contributed by atoms with Crippen molar-refractivity contribution in [2.45, 2.75) is 56.4 Å². The fraction of sp³-hybridized carbons (Fsp3) is 0.348. The molecule has 0 unspecified atom stereocenters. The van der Waals surface area contributed by atoms with Crippen LogP contribution in [0.15, 0.2) is 54.1 Å². The monoisotopic (exact) mass is 508 g/mol. The van der Waals surface area contributed by atoms with Crippen molar-refractivity contribution in [1.82, 2.24) is 29.6 Å². The number of carbonyl (C=O) groups excluding carboxylic acids is 1. The van der Waals surface area contributed by atoms with E-state index in [2.05, 4.69) is 43.4 Å². The lowest BCUT2D eigenvalue weighted by atomic mass is 10.1. The lowest BCUT2D eigenvalue weighted by molar-refractivity contribution is -0.145. The summed E-state index contributed by atoms with van der Waals surface area (Å²) in [5.74, 6) is -1.46. The lowest BCUT2D eigenvalue weighted by Gasteiger charge is -2.24. The minimum absolute atomic E-state index is 0.264. The van der Waals surface area contributed by atoms with E-state index in [1.807, 2.05) is 0 Å². The number of pyridine rings is 2. The SMILES string of the molecule is C[C@@H]1CC[C@H](C)N1Sc1cncc(F)c1.O=CNCc1ccnc(-c2cnc(C(F)(F)F)nc2)c1. The fourth-order valence-electron chi connectivity index (χ4n) is 3.42. The van der Waals surface area contributed by atoms with Crippen molar-refractivity contribution < 1.29 is 22.4 Å². The van der Waals surface area contributed by atoms with Crippen LogP contribution in [0.25, 0.3) is 11.3 Å². The molecule has 2 atom stereocenters. The van der Waals surface area contributed by atoms with Crippen LogP contribution in [0.4, 0.5) is 17.6 Å². The van der Waals surface area contributed by atoms with E-state index in [-0.39, 0.29) is 5.82 Å². The Morgan fingerprint density at radius 1 is 1.09 bits per heavy atom. The predicted molar refractivity (Wildman–Crippen MR) is 123 cm³/mol. The molecule has 7 nitrogen and oxygen atoms in total. The second-order valence-electron chi connectivity index (χ2n) is 7.91. The van der Waals surface area contributed by atoms with Crippen molar-refractivity contribution in [1.29, 1.82) is 0 Å². The van der Waals surface area contributed by atoms with Gasteiger partial charge in [-0.05, 0) is 62.4 Å². The van der Waals surface area contributed by atoms with Gasteiger partial charge in [0.15, 0.2) is 0 Å². The van der Waals surface area contributed by atoms with E-state index in [0.29, 0.717) is 36.3 Å². The molecule has 4 heterocycles. The normalized spacial score (nSPS) is 18.0. The summed E-state index contributed by atoms with van der Waals surface area (Å²) >= 11 is 1.61. The molecule has 0 bridgehead atoms. The van der Waals surface area contributed by atoms with Gasteiger partial charge < -0.3 is 5.32 Å². The van der Waals surface area contributed by atoms with Gasteiger partial charge in [-0.1, -0.05) is 0 Å². The van der Waals surface area contributed by atoms with Crippen LogP contribution >= 0.6 is 11.9 Å². The summed E-state index contributed by atoms with van der Waals surface area (Å²) in [5, 5.41) is 2.48. The van der Waals surface area contributed by atoms with Gasteiger partial charge in [-0.3, -0.25) is 14.8 Å². The molecule has 1 aliphatic rings. The Hall–Kier alpha value is -3.12. The zero-order chi connectivity index (χ0) is 25.4. The van der Waals surface area contributed by atoms with Gasteiger partial charge in [0.2, 0.25) is 12.2 Å². The summed E-state index contributed by atoms with van der Waals surface area (Å²) in [4.78, 5) is 25.5. The molecule has 1 saturated heterocycles. The number of aromatic nitrogens is 4. The molecule has 0 saturated carbocycles. The quantitative estimate of drug-likeness (QED) is 0.288. The maximum atomic E-state index is 12.9. The first-order valence-corrected chi connectivity index (χ1v) is 11.5. The van der Waals surface area contributed by atoms with Crippen LogP contribution < -0.4 is 5.32 Å². The highest BCUT2D eigenvalue weighted by molar-refractivity contribution is 7.97. The van der Waals surface area contributed by atoms with Crippen molar-refractivity contribution in [2.24, 2.45) is 0 Å². The maximum Gasteiger partial charge on any atom is 0.451 e. The number of nitrogens with zero attached hydrogens (tertiary/aromatic N) is 5. The summed E-state index contributed by atoms with van der Waals surface area (Å²) in [6.45, 7) is 4.73. The van der Waals surface area contributed by atoms with Crippen LogP contribution in [0, 0.1) is 5.82 Å². The molecule has 3 aromatic rings. The highest BCUT2D eigenvalue weighted by atomic mass is 32.2. The average molecular weight is 509 g/mol. The molecule has 1 aliphatic heterocycles. The van der Waals surface area contributed by atoms with Gasteiger partial charge in [-0.25, -0.2) is 18.7 Å².